The lowest BCUT2D eigenvalue weighted by Crippen LogP contribution is -2.31. The number of rotatable bonds is 5. The molecule has 1 saturated carbocycles. The van der Waals surface area contributed by atoms with Crippen LogP contribution in [-0.4, -0.2) is 52.3 Å². The summed E-state index contributed by atoms with van der Waals surface area (Å²) >= 11 is 2.09. The Balaban J connectivity index is 1.16. The van der Waals surface area contributed by atoms with Crippen molar-refractivity contribution in [3.63, 3.8) is 0 Å². The maximum absolute atomic E-state index is 14.0. The van der Waals surface area contributed by atoms with Crippen molar-refractivity contribution < 1.29 is 13.2 Å². The van der Waals surface area contributed by atoms with Gasteiger partial charge in [0.25, 0.3) is 0 Å². The molecule has 1 aromatic heterocycles. The van der Waals surface area contributed by atoms with Crippen LogP contribution in [0.1, 0.15) is 25.7 Å². The van der Waals surface area contributed by atoms with Crippen molar-refractivity contribution in [1.29, 1.82) is 0 Å². The first-order valence-electron chi connectivity index (χ1n) is 11.1. The average molecular weight is 449 g/mol. The maximum Gasteiger partial charge on any atom is 0.168 e. The van der Waals surface area contributed by atoms with Gasteiger partial charge in [-0.15, -0.1) is 10.2 Å². The van der Waals surface area contributed by atoms with E-state index in [2.05, 4.69) is 32.2 Å². The molecule has 31 heavy (non-hydrogen) atoms. The molecule has 8 heteroatoms. The first kappa shape index (κ1) is 21.1. The number of aromatic nitrogens is 2. The van der Waals surface area contributed by atoms with E-state index < -0.39 is 17.5 Å². The summed E-state index contributed by atoms with van der Waals surface area (Å²) < 4.78 is 40.9. The van der Waals surface area contributed by atoms with Crippen LogP contribution in [0.2, 0.25) is 0 Å². The highest BCUT2D eigenvalue weighted by Gasteiger charge is 2.41. The Morgan fingerprint density at radius 3 is 2.42 bits per heavy atom. The molecule has 3 heterocycles. The van der Waals surface area contributed by atoms with Crippen molar-refractivity contribution in [3.05, 3.63) is 41.7 Å². The Hall–Kier alpha value is -1.80. The van der Waals surface area contributed by atoms with Gasteiger partial charge in [-0.05, 0) is 73.1 Å². The molecule has 2 saturated heterocycles. The molecule has 0 bridgehead atoms. The summed E-state index contributed by atoms with van der Waals surface area (Å²) in [7, 11) is 0. The van der Waals surface area contributed by atoms with Crippen molar-refractivity contribution in [2.45, 2.75) is 31.7 Å². The second kappa shape index (κ2) is 8.98. The number of hydrogen-bond donors (Lipinski definition) is 1. The number of fused-ring (bicyclic) bond motifs is 1. The summed E-state index contributed by atoms with van der Waals surface area (Å²) in [6, 6.07) is 5.06. The van der Waals surface area contributed by atoms with Gasteiger partial charge in [-0.1, -0.05) is 0 Å². The highest BCUT2D eigenvalue weighted by atomic mass is 32.2. The van der Waals surface area contributed by atoms with E-state index in [0.29, 0.717) is 17.9 Å². The highest BCUT2D eigenvalue weighted by Crippen LogP contribution is 2.40. The zero-order valence-electron chi connectivity index (χ0n) is 17.4. The molecular weight excluding hydrogens is 421 g/mol. The van der Waals surface area contributed by atoms with E-state index >= 15 is 0 Å². The SMILES string of the molecule is Fc1cc(F)c(F)c(-c2ccc(NC3C[C@@H]4CN(CC5CCSCC5)C[C@@H]4C3)nn2)c1. The zero-order chi connectivity index (χ0) is 21.4. The summed E-state index contributed by atoms with van der Waals surface area (Å²) in [6.45, 7) is 3.65. The Bertz CT molecular complexity index is 906. The first-order valence-corrected chi connectivity index (χ1v) is 12.3. The molecule has 1 aromatic carbocycles. The Kier molecular flexibility index (Phi) is 6.10. The third kappa shape index (κ3) is 4.70. The van der Waals surface area contributed by atoms with E-state index in [1.807, 2.05) is 0 Å². The molecule has 4 nitrogen and oxygen atoms in total. The molecule has 2 aliphatic heterocycles. The van der Waals surface area contributed by atoms with Crippen LogP contribution in [0.5, 0.6) is 0 Å². The molecule has 3 fully saturated rings. The monoisotopic (exact) mass is 448 g/mol. The fraction of sp³-hybridized carbons (Fsp3) is 0.565. The van der Waals surface area contributed by atoms with Gasteiger partial charge in [-0.3, -0.25) is 0 Å². The standard InChI is InChI=1S/C23H27F3N4S/c24-17-9-19(23(26)20(25)10-17)21-1-2-22(29-28-21)27-18-7-15-12-30(13-16(15)8-18)11-14-3-5-31-6-4-14/h1-2,9-10,14-16,18H,3-8,11-13H2,(H,27,29)/t15-,16+,18?. The molecule has 2 aromatic rings. The fourth-order valence-corrected chi connectivity index (χ4v) is 6.67. The second-order valence-corrected chi connectivity index (χ2v) is 10.4. The van der Waals surface area contributed by atoms with E-state index in [-0.39, 0.29) is 11.3 Å². The molecule has 0 spiro atoms. The molecule has 0 radical (unpaired) electrons. The van der Waals surface area contributed by atoms with Crippen molar-refractivity contribution in [2.24, 2.45) is 17.8 Å². The molecule has 1 N–H and O–H groups in total. The first-order chi connectivity index (χ1) is 15.0. The van der Waals surface area contributed by atoms with Gasteiger partial charge in [0.2, 0.25) is 0 Å². The van der Waals surface area contributed by atoms with Gasteiger partial charge in [-0.2, -0.15) is 11.8 Å². The molecule has 3 aliphatic rings. The lowest BCUT2D eigenvalue weighted by Gasteiger charge is -2.27. The van der Waals surface area contributed by atoms with Crippen LogP contribution in [-0.2, 0) is 0 Å². The summed E-state index contributed by atoms with van der Waals surface area (Å²) in [5, 5.41) is 11.6. The minimum Gasteiger partial charge on any atom is -0.366 e. The maximum atomic E-state index is 14.0. The minimum atomic E-state index is -1.23. The lowest BCUT2D eigenvalue weighted by molar-refractivity contribution is 0.249. The summed E-state index contributed by atoms with van der Waals surface area (Å²) in [5.41, 5.74) is -0.106. The van der Waals surface area contributed by atoms with Crippen LogP contribution in [0.4, 0.5) is 19.0 Å². The molecule has 1 unspecified atom stereocenters. The van der Waals surface area contributed by atoms with Crippen molar-refractivity contribution >= 4 is 17.6 Å². The fourth-order valence-electron chi connectivity index (χ4n) is 5.46. The Morgan fingerprint density at radius 2 is 1.74 bits per heavy atom. The van der Waals surface area contributed by atoms with Gasteiger partial charge in [0.05, 0.1) is 5.69 Å². The van der Waals surface area contributed by atoms with Gasteiger partial charge in [0, 0.05) is 37.3 Å². The number of nitrogens with one attached hydrogen (secondary N) is 1. The van der Waals surface area contributed by atoms with Crippen molar-refractivity contribution in [3.8, 4) is 11.3 Å². The van der Waals surface area contributed by atoms with Crippen LogP contribution in [0.25, 0.3) is 11.3 Å². The predicted octanol–water partition coefficient (Wildman–Crippen LogP) is 4.83. The average Bonchev–Trinajstić information content (AvgIpc) is 3.30. The molecule has 0 amide bonds. The number of benzene rings is 1. The van der Waals surface area contributed by atoms with Crippen LogP contribution < -0.4 is 5.32 Å². The third-order valence-corrected chi connectivity index (χ3v) is 8.02. The van der Waals surface area contributed by atoms with E-state index in [4.69, 9.17) is 0 Å². The molecular formula is C23H27F3N4S. The summed E-state index contributed by atoms with van der Waals surface area (Å²) in [6.07, 6.45) is 4.97. The van der Waals surface area contributed by atoms with E-state index in [1.54, 1.807) is 12.1 Å². The number of likely N-dealkylation sites (tertiary alicyclic amines) is 1. The number of hydrogen-bond acceptors (Lipinski definition) is 5. The topological polar surface area (TPSA) is 41.0 Å². The van der Waals surface area contributed by atoms with Gasteiger partial charge < -0.3 is 10.2 Å². The van der Waals surface area contributed by atoms with E-state index in [1.165, 1.54) is 44.0 Å². The van der Waals surface area contributed by atoms with Crippen molar-refractivity contribution in [1.82, 2.24) is 15.1 Å². The molecule has 3 atom stereocenters. The second-order valence-electron chi connectivity index (χ2n) is 9.16. The number of thioether (sulfide) groups is 1. The largest absolute Gasteiger partial charge is 0.366 e. The van der Waals surface area contributed by atoms with Crippen LogP contribution in [0, 0.1) is 35.2 Å². The van der Waals surface area contributed by atoms with E-state index in [9.17, 15) is 13.2 Å². The summed E-state index contributed by atoms with van der Waals surface area (Å²) in [5.74, 6) is 2.40. The quantitative estimate of drug-likeness (QED) is 0.664. The lowest BCUT2D eigenvalue weighted by atomic mass is 10.0. The van der Waals surface area contributed by atoms with Gasteiger partial charge in [0.1, 0.15) is 11.6 Å². The number of anilines is 1. The normalized spacial score (nSPS) is 26.9. The van der Waals surface area contributed by atoms with E-state index in [0.717, 1.165) is 36.7 Å². The van der Waals surface area contributed by atoms with Gasteiger partial charge in [0.15, 0.2) is 11.6 Å². The molecule has 5 rings (SSSR count). The number of halogens is 3. The highest BCUT2D eigenvalue weighted by molar-refractivity contribution is 7.99. The molecule has 1 aliphatic carbocycles. The van der Waals surface area contributed by atoms with Crippen LogP contribution >= 0.6 is 11.8 Å². The Morgan fingerprint density at radius 1 is 1.00 bits per heavy atom. The van der Waals surface area contributed by atoms with Crippen LogP contribution in [0.15, 0.2) is 24.3 Å². The van der Waals surface area contributed by atoms with Gasteiger partial charge >= 0.3 is 0 Å². The smallest absolute Gasteiger partial charge is 0.168 e. The number of nitrogens with zero attached hydrogens (tertiary/aromatic N) is 3. The third-order valence-electron chi connectivity index (χ3n) is 6.97. The van der Waals surface area contributed by atoms with Crippen molar-refractivity contribution in [2.75, 3.05) is 36.5 Å². The van der Waals surface area contributed by atoms with Crippen LogP contribution in [0.3, 0.4) is 0 Å². The summed E-state index contributed by atoms with van der Waals surface area (Å²) in [4.78, 5) is 2.67. The van der Waals surface area contributed by atoms with Gasteiger partial charge in [-0.25, -0.2) is 13.2 Å². The zero-order valence-corrected chi connectivity index (χ0v) is 18.2. The molecule has 166 valence electrons. The predicted molar refractivity (Wildman–Crippen MR) is 117 cm³/mol. The Labute approximate surface area is 185 Å². The minimum absolute atomic E-state index is 0.112.